The predicted molar refractivity (Wildman–Crippen MR) is 99.8 cm³/mol. The highest BCUT2D eigenvalue weighted by Crippen LogP contribution is 2.23. The zero-order chi connectivity index (χ0) is 20.5. The molecule has 0 fully saturated rings. The Balaban J connectivity index is 1.59. The molecule has 0 bridgehead atoms. The number of carbonyl (C=O) groups is 2. The first-order chi connectivity index (χ1) is 13.1. The number of benzene rings is 1. The molecule has 3 rings (SSSR count). The van der Waals surface area contributed by atoms with E-state index in [1.165, 1.54) is 17.8 Å². The average Bonchev–Trinajstić information content (AvgIpc) is 3.23. The van der Waals surface area contributed by atoms with Crippen molar-refractivity contribution in [1.29, 1.82) is 0 Å². The van der Waals surface area contributed by atoms with E-state index in [0.29, 0.717) is 11.3 Å². The van der Waals surface area contributed by atoms with Crippen molar-refractivity contribution in [3.05, 3.63) is 54.0 Å². The average molecular weight is 405 g/mol. The number of rotatable bonds is 6. The molecule has 28 heavy (non-hydrogen) atoms. The molecule has 148 valence electrons. The van der Waals surface area contributed by atoms with Gasteiger partial charge in [0.2, 0.25) is 10.0 Å². The number of nitrogens with one attached hydrogen (secondary N) is 1. The van der Waals surface area contributed by atoms with Crippen molar-refractivity contribution < 1.29 is 27.2 Å². The summed E-state index contributed by atoms with van der Waals surface area (Å²) in [6, 6.07) is 9.94. The lowest BCUT2D eigenvalue weighted by Gasteiger charge is -2.11. The van der Waals surface area contributed by atoms with Crippen LogP contribution in [0, 0.1) is 0 Å². The number of esters is 1. The number of hydrogen-bond acceptors (Lipinski definition) is 6. The maximum Gasteiger partial charge on any atom is 0.355 e. The molecular weight excluding hydrogens is 386 g/mol. The topological polar surface area (TPSA) is 134 Å². The lowest BCUT2D eigenvalue weighted by atomic mass is 10.2. The molecule has 0 aliphatic carbocycles. The van der Waals surface area contributed by atoms with Crippen LogP contribution in [-0.2, 0) is 26.6 Å². The smallest absolute Gasteiger partial charge is 0.355 e. The summed E-state index contributed by atoms with van der Waals surface area (Å²) in [5.41, 5.74) is 0.668. The first kappa shape index (κ1) is 19.6. The van der Waals surface area contributed by atoms with Crippen LogP contribution in [0.15, 0.2) is 51.9 Å². The minimum atomic E-state index is -3.95. The normalized spacial score (nSPS) is 12.7. The van der Waals surface area contributed by atoms with Gasteiger partial charge in [0.05, 0.1) is 6.04 Å². The second-order valence-electron chi connectivity index (χ2n) is 6.27. The van der Waals surface area contributed by atoms with Crippen LogP contribution in [0.3, 0.4) is 0 Å². The number of para-hydroxylation sites is 1. The van der Waals surface area contributed by atoms with E-state index in [2.05, 4.69) is 5.32 Å². The predicted octanol–water partition coefficient (Wildman–Crippen LogP) is 1.45. The third kappa shape index (κ3) is 4.24. The largest absolute Gasteiger partial charge is 0.459 e. The van der Waals surface area contributed by atoms with E-state index in [9.17, 15) is 18.0 Å². The molecule has 0 aliphatic heterocycles. The number of carbonyl (C=O) groups excluding carboxylic acids is 2. The number of furan rings is 1. The Morgan fingerprint density at radius 3 is 2.64 bits per heavy atom. The fourth-order valence-electron chi connectivity index (χ4n) is 2.67. The summed E-state index contributed by atoms with van der Waals surface area (Å²) in [6.07, 6.45) is 1.19. The number of hydrogen-bond donors (Lipinski definition) is 2. The molecule has 2 aromatic heterocycles. The van der Waals surface area contributed by atoms with E-state index in [1.54, 1.807) is 6.92 Å². The number of nitrogens with two attached hydrogens (primary N) is 1. The number of fused-ring (bicyclic) bond motifs is 1. The molecule has 1 unspecified atom stereocenters. The van der Waals surface area contributed by atoms with Crippen molar-refractivity contribution in [2.75, 3.05) is 6.61 Å². The first-order valence-electron chi connectivity index (χ1n) is 8.29. The highest BCUT2D eigenvalue weighted by atomic mass is 32.2. The molecule has 3 N–H and O–H groups in total. The molecular formula is C18H19N3O6S. The van der Waals surface area contributed by atoms with Crippen LogP contribution in [0.2, 0.25) is 0 Å². The zero-order valence-electron chi connectivity index (χ0n) is 15.2. The van der Waals surface area contributed by atoms with Crippen molar-refractivity contribution in [2.45, 2.75) is 17.9 Å². The van der Waals surface area contributed by atoms with Gasteiger partial charge in [-0.3, -0.25) is 4.79 Å². The summed E-state index contributed by atoms with van der Waals surface area (Å²) < 4.78 is 34.6. The van der Waals surface area contributed by atoms with Gasteiger partial charge in [0.15, 0.2) is 6.61 Å². The maximum absolute atomic E-state index is 12.1. The summed E-state index contributed by atoms with van der Waals surface area (Å²) in [4.78, 5) is 24.0. The maximum atomic E-state index is 12.1. The van der Waals surface area contributed by atoms with Crippen molar-refractivity contribution in [1.82, 2.24) is 9.88 Å². The van der Waals surface area contributed by atoms with Crippen molar-refractivity contribution in [3.63, 3.8) is 0 Å². The summed E-state index contributed by atoms with van der Waals surface area (Å²) >= 11 is 0. The number of primary sulfonamides is 1. The molecule has 3 aromatic rings. The third-order valence-electron chi connectivity index (χ3n) is 4.10. The van der Waals surface area contributed by atoms with Crippen LogP contribution in [-0.4, -0.2) is 31.5 Å². The summed E-state index contributed by atoms with van der Waals surface area (Å²) in [5, 5.41) is 8.62. The van der Waals surface area contributed by atoms with E-state index in [0.717, 1.165) is 11.5 Å². The van der Waals surface area contributed by atoms with Crippen molar-refractivity contribution in [2.24, 2.45) is 12.2 Å². The van der Waals surface area contributed by atoms with Gasteiger partial charge in [-0.15, -0.1) is 0 Å². The van der Waals surface area contributed by atoms with Crippen LogP contribution in [0.25, 0.3) is 11.0 Å². The second kappa shape index (κ2) is 7.49. The number of aromatic nitrogens is 1. The molecule has 0 saturated heterocycles. The lowest BCUT2D eigenvalue weighted by molar-refractivity contribution is -0.125. The Hall–Kier alpha value is -3.11. The Labute approximate surface area is 161 Å². The lowest BCUT2D eigenvalue weighted by Crippen LogP contribution is -2.31. The van der Waals surface area contributed by atoms with Crippen LogP contribution in [0.4, 0.5) is 0 Å². The van der Waals surface area contributed by atoms with Crippen LogP contribution < -0.4 is 10.5 Å². The minimum Gasteiger partial charge on any atom is -0.459 e. The molecule has 0 radical (unpaired) electrons. The number of amides is 1. The van der Waals surface area contributed by atoms with Crippen LogP contribution in [0.1, 0.15) is 29.2 Å². The summed E-state index contributed by atoms with van der Waals surface area (Å²) in [7, 11) is -2.48. The van der Waals surface area contributed by atoms with E-state index < -0.39 is 34.5 Å². The zero-order valence-corrected chi connectivity index (χ0v) is 16.0. The molecule has 0 aliphatic rings. The highest BCUT2D eigenvalue weighted by molar-refractivity contribution is 7.89. The monoisotopic (exact) mass is 405 g/mol. The van der Waals surface area contributed by atoms with Gasteiger partial charge < -0.3 is 19.0 Å². The van der Waals surface area contributed by atoms with E-state index >= 15 is 0 Å². The third-order valence-corrected chi connectivity index (χ3v) is 4.98. The van der Waals surface area contributed by atoms with Gasteiger partial charge in [-0.05, 0) is 25.1 Å². The molecule has 2 heterocycles. The van der Waals surface area contributed by atoms with Gasteiger partial charge in [0.1, 0.15) is 21.9 Å². The molecule has 0 saturated carbocycles. The van der Waals surface area contributed by atoms with E-state index in [-0.39, 0.29) is 10.6 Å². The Bertz CT molecular complexity index is 1110. The van der Waals surface area contributed by atoms with E-state index in [4.69, 9.17) is 14.3 Å². The Morgan fingerprint density at radius 1 is 1.29 bits per heavy atom. The van der Waals surface area contributed by atoms with Crippen LogP contribution >= 0.6 is 0 Å². The highest BCUT2D eigenvalue weighted by Gasteiger charge is 2.20. The molecule has 10 heteroatoms. The van der Waals surface area contributed by atoms with Crippen molar-refractivity contribution >= 4 is 32.9 Å². The number of nitrogens with zero attached hydrogens (tertiary/aromatic N) is 1. The van der Waals surface area contributed by atoms with Gasteiger partial charge in [-0.1, -0.05) is 18.2 Å². The Kier molecular flexibility index (Phi) is 5.25. The van der Waals surface area contributed by atoms with Gasteiger partial charge in [0.25, 0.3) is 5.91 Å². The second-order valence-corrected chi connectivity index (χ2v) is 7.83. The van der Waals surface area contributed by atoms with Gasteiger partial charge >= 0.3 is 5.97 Å². The minimum absolute atomic E-state index is 0.0397. The van der Waals surface area contributed by atoms with Gasteiger partial charge in [-0.25, -0.2) is 18.4 Å². The van der Waals surface area contributed by atoms with E-state index in [1.807, 2.05) is 30.3 Å². The van der Waals surface area contributed by atoms with Gasteiger partial charge in [0, 0.05) is 18.6 Å². The molecule has 1 amide bonds. The Morgan fingerprint density at radius 2 is 2.00 bits per heavy atom. The number of sulfonamides is 1. The fourth-order valence-corrected chi connectivity index (χ4v) is 3.25. The van der Waals surface area contributed by atoms with Crippen LogP contribution in [0.5, 0.6) is 0 Å². The number of ether oxygens (including phenoxy) is 1. The fraction of sp³-hybridized carbons (Fsp3) is 0.222. The molecule has 9 nitrogen and oxygen atoms in total. The standard InChI is InChI=1S/C18H19N3O6S/c1-11(16-7-12-5-3-4-6-15(12)27-16)20-17(22)10-26-18(23)14-8-13(9-21(14)2)28(19,24)25/h3-9,11H,10H2,1-2H3,(H,20,22)(H2,19,24,25). The molecule has 1 atom stereocenters. The SMILES string of the molecule is CC(NC(=O)COC(=O)c1cc(S(N)(=O)=O)cn1C)c1cc2ccccc2o1. The summed E-state index contributed by atoms with van der Waals surface area (Å²) in [6.45, 7) is 1.21. The van der Waals surface area contributed by atoms with Crippen molar-refractivity contribution in [3.8, 4) is 0 Å². The van der Waals surface area contributed by atoms with Gasteiger partial charge in [-0.2, -0.15) is 0 Å². The summed E-state index contributed by atoms with van der Waals surface area (Å²) in [5.74, 6) is -0.799. The molecule has 1 aromatic carbocycles. The molecule has 0 spiro atoms. The number of aryl methyl sites for hydroxylation is 1. The quantitative estimate of drug-likeness (QED) is 0.596. The first-order valence-corrected chi connectivity index (χ1v) is 9.84.